The highest BCUT2D eigenvalue weighted by atomic mass is 16.2. The molecule has 5 heteroatoms. The third kappa shape index (κ3) is 1.99. The Morgan fingerprint density at radius 2 is 2.14 bits per heavy atom. The number of carbonyl (C=O) groups excluding carboxylic acids is 1. The van der Waals surface area contributed by atoms with E-state index in [1.807, 2.05) is 18.2 Å². The van der Waals surface area contributed by atoms with Gasteiger partial charge in [-0.15, -0.1) is 0 Å². The average molecular weight is 284 g/mol. The van der Waals surface area contributed by atoms with Crippen molar-refractivity contribution in [2.24, 2.45) is 5.92 Å². The number of nitrogens with one attached hydrogen (secondary N) is 1. The number of nitrogens with zero attached hydrogens (tertiary/aromatic N) is 2. The number of anilines is 1. The van der Waals surface area contributed by atoms with Crippen molar-refractivity contribution in [3.63, 3.8) is 0 Å². The minimum atomic E-state index is 0.0588. The first-order valence-electron chi connectivity index (χ1n) is 7.78. The van der Waals surface area contributed by atoms with Gasteiger partial charge in [-0.3, -0.25) is 9.89 Å². The lowest BCUT2D eigenvalue weighted by atomic mass is 9.91. The Bertz CT molecular complexity index is 693. The summed E-state index contributed by atoms with van der Waals surface area (Å²) in [6.07, 6.45) is 6.02. The largest absolute Gasteiger partial charge is 0.399 e. The van der Waals surface area contributed by atoms with Crippen LogP contribution in [0.25, 0.3) is 10.9 Å². The maximum absolute atomic E-state index is 12.9. The fourth-order valence-electron chi connectivity index (χ4n) is 4.04. The summed E-state index contributed by atoms with van der Waals surface area (Å²) in [4.78, 5) is 15.0. The zero-order valence-electron chi connectivity index (χ0n) is 12.0. The molecule has 21 heavy (non-hydrogen) atoms. The number of aromatic nitrogens is 2. The molecule has 1 amide bonds. The molecule has 2 unspecified atom stereocenters. The molecule has 1 aliphatic heterocycles. The van der Waals surface area contributed by atoms with E-state index in [2.05, 4.69) is 15.1 Å². The Hall–Kier alpha value is -2.04. The Morgan fingerprint density at radius 1 is 1.29 bits per heavy atom. The summed E-state index contributed by atoms with van der Waals surface area (Å²) >= 11 is 0. The number of nitrogens with two attached hydrogens (primary N) is 1. The summed E-state index contributed by atoms with van der Waals surface area (Å²) in [6, 6.07) is 5.95. The van der Waals surface area contributed by atoms with Gasteiger partial charge < -0.3 is 10.6 Å². The van der Waals surface area contributed by atoms with Crippen molar-refractivity contribution in [3.8, 4) is 0 Å². The molecule has 5 nitrogen and oxygen atoms in total. The normalized spacial score (nSPS) is 25.2. The Kier molecular flexibility index (Phi) is 2.87. The van der Waals surface area contributed by atoms with Crippen LogP contribution in [-0.4, -0.2) is 33.6 Å². The van der Waals surface area contributed by atoms with Crippen molar-refractivity contribution in [3.05, 3.63) is 23.9 Å². The molecule has 1 aliphatic carbocycles. The zero-order chi connectivity index (χ0) is 14.4. The summed E-state index contributed by atoms with van der Waals surface area (Å²) in [5.74, 6) is 0.751. The van der Waals surface area contributed by atoms with Crippen molar-refractivity contribution < 1.29 is 4.79 Å². The van der Waals surface area contributed by atoms with Crippen molar-refractivity contribution in [1.29, 1.82) is 0 Å². The third-order valence-electron chi connectivity index (χ3n) is 5.04. The molecule has 3 N–H and O–H groups in total. The molecule has 2 aliphatic rings. The number of benzene rings is 1. The van der Waals surface area contributed by atoms with Crippen LogP contribution in [-0.2, 0) is 0 Å². The smallest absolute Gasteiger partial charge is 0.275 e. The molecule has 2 atom stereocenters. The monoisotopic (exact) mass is 284 g/mol. The summed E-state index contributed by atoms with van der Waals surface area (Å²) in [7, 11) is 0. The average Bonchev–Trinajstić information content (AvgIpc) is 3.12. The van der Waals surface area contributed by atoms with Gasteiger partial charge in [0.05, 0.1) is 5.52 Å². The van der Waals surface area contributed by atoms with Gasteiger partial charge in [0.1, 0.15) is 0 Å². The molecule has 110 valence electrons. The standard InChI is InChI=1S/C16H20N4O/c17-11-6-7-13-12(9-11)15(19-18-13)16(21)20-8-2-4-10-3-1-5-14(10)20/h6-7,9-10,14H,1-5,8,17H2,(H,18,19). The molecule has 2 fully saturated rings. The fourth-order valence-corrected chi connectivity index (χ4v) is 4.04. The first-order chi connectivity index (χ1) is 10.2. The highest BCUT2D eigenvalue weighted by Gasteiger charge is 2.38. The number of piperidine rings is 1. The van der Waals surface area contributed by atoms with Crippen molar-refractivity contribution in [1.82, 2.24) is 15.1 Å². The summed E-state index contributed by atoms with van der Waals surface area (Å²) in [6.45, 7) is 0.858. The zero-order valence-corrected chi connectivity index (χ0v) is 12.0. The molecule has 2 heterocycles. The molecule has 4 rings (SSSR count). The quantitative estimate of drug-likeness (QED) is 0.790. The number of rotatable bonds is 1. The SMILES string of the molecule is Nc1ccc2[nH]nc(C(=O)N3CCCC4CCCC43)c2c1. The lowest BCUT2D eigenvalue weighted by molar-refractivity contribution is 0.0544. The molecule has 1 aromatic heterocycles. The van der Waals surface area contributed by atoms with E-state index in [0.717, 1.165) is 30.3 Å². The van der Waals surface area contributed by atoms with Crippen LogP contribution in [0, 0.1) is 5.92 Å². The molecule has 0 bridgehead atoms. The van der Waals surface area contributed by atoms with Crippen molar-refractivity contribution in [2.45, 2.75) is 38.1 Å². The van der Waals surface area contributed by atoms with Gasteiger partial charge in [0.15, 0.2) is 5.69 Å². The Balaban J connectivity index is 1.71. The van der Waals surface area contributed by atoms with E-state index in [0.29, 0.717) is 23.3 Å². The Morgan fingerprint density at radius 3 is 3.05 bits per heavy atom. The van der Waals surface area contributed by atoms with Crippen LogP contribution in [0.4, 0.5) is 5.69 Å². The number of likely N-dealkylation sites (tertiary alicyclic amines) is 1. The number of carbonyl (C=O) groups is 1. The van der Waals surface area contributed by atoms with Crippen LogP contribution < -0.4 is 5.73 Å². The van der Waals surface area contributed by atoms with Crippen molar-refractivity contribution >= 4 is 22.5 Å². The number of nitrogen functional groups attached to an aromatic ring is 1. The van der Waals surface area contributed by atoms with Gasteiger partial charge in [0.25, 0.3) is 5.91 Å². The molecule has 0 spiro atoms. The van der Waals surface area contributed by atoms with E-state index < -0.39 is 0 Å². The molecule has 1 aromatic carbocycles. The highest BCUT2D eigenvalue weighted by molar-refractivity contribution is 6.05. The van der Waals surface area contributed by atoms with Gasteiger partial charge in [0, 0.05) is 23.7 Å². The molecule has 2 aromatic rings. The van der Waals surface area contributed by atoms with Gasteiger partial charge >= 0.3 is 0 Å². The second-order valence-corrected chi connectivity index (χ2v) is 6.28. The number of hydrogen-bond donors (Lipinski definition) is 2. The van der Waals surface area contributed by atoms with Crippen molar-refractivity contribution in [2.75, 3.05) is 12.3 Å². The maximum atomic E-state index is 12.9. The van der Waals surface area contributed by atoms with Gasteiger partial charge in [-0.05, 0) is 49.8 Å². The number of hydrogen-bond acceptors (Lipinski definition) is 3. The molecule has 0 radical (unpaired) electrons. The molecular weight excluding hydrogens is 264 g/mol. The third-order valence-corrected chi connectivity index (χ3v) is 5.04. The topological polar surface area (TPSA) is 75.0 Å². The minimum Gasteiger partial charge on any atom is -0.399 e. The minimum absolute atomic E-state index is 0.0588. The fraction of sp³-hybridized carbons (Fsp3) is 0.500. The first-order valence-corrected chi connectivity index (χ1v) is 7.78. The van der Waals surface area contributed by atoms with E-state index in [9.17, 15) is 4.79 Å². The number of fused-ring (bicyclic) bond motifs is 2. The summed E-state index contributed by atoms with van der Waals surface area (Å²) < 4.78 is 0. The first kappa shape index (κ1) is 12.7. The number of H-pyrrole nitrogens is 1. The van der Waals surface area contributed by atoms with Gasteiger partial charge in [-0.1, -0.05) is 6.42 Å². The number of aromatic amines is 1. The predicted molar refractivity (Wildman–Crippen MR) is 81.9 cm³/mol. The molecule has 1 saturated carbocycles. The van der Waals surface area contributed by atoms with Gasteiger partial charge in [-0.25, -0.2) is 0 Å². The van der Waals surface area contributed by atoms with E-state index in [-0.39, 0.29) is 5.91 Å². The van der Waals surface area contributed by atoms with Crippen LogP contribution >= 0.6 is 0 Å². The second kappa shape index (κ2) is 4.76. The van der Waals surface area contributed by atoms with Crippen LogP contribution in [0.15, 0.2) is 18.2 Å². The summed E-state index contributed by atoms with van der Waals surface area (Å²) in [5.41, 5.74) is 7.90. The number of amides is 1. The molecule has 1 saturated heterocycles. The van der Waals surface area contributed by atoms with Crippen LogP contribution in [0.1, 0.15) is 42.6 Å². The summed E-state index contributed by atoms with van der Waals surface area (Å²) in [5, 5.41) is 8.03. The van der Waals surface area contributed by atoms with E-state index in [1.54, 1.807) is 0 Å². The van der Waals surface area contributed by atoms with Gasteiger partial charge in [-0.2, -0.15) is 5.10 Å². The Labute approximate surface area is 123 Å². The highest BCUT2D eigenvalue weighted by Crippen LogP contribution is 2.37. The lowest BCUT2D eigenvalue weighted by Crippen LogP contribution is -2.46. The van der Waals surface area contributed by atoms with Crippen LogP contribution in [0.5, 0.6) is 0 Å². The van der Waals surface area contributed by atoms with E-state index >= 15 is 0 Å². The predicted octanol–water partition coefficient (Wildman–Crippen LogP) is 2.55. The maximum Gasteiger partial charge on any atom is 0.275 e. The second-order valence-electron chi connectivity index (χ2n) is 6.28. The van der Waals surface area contributed by atoms with E-state index in [1.165, 1.54) is 19.3 Å². The van der Waals surface area contributed by atoms with Crippen LogP contribution in [0.3, 0.4) is 0 Å². The lowest BCUT2D eigenvalue weighted by Gasteiger charge is -2.37. The van der Waals surface area contributed by atoms with Crippen LogP contribution in [0.2, 0.25) is 0 Å². The molecular formula is C16H20N4O. The van der Waals surface area contributed by atoms with E-state index in [4.69, 9.17) is 5.73 Å². The van der Waals surface area contributed by atoms with Gasteiger partial charge in [0.2, 0.25) is 0 Å².